The topological polar surface area (TPSA) is 54.5 Å². The van der Waals surface area contributed by atoms with Gasteiger partial charge >= 0.3 is 0 Å². The molecule has 25 heavy (non-hydrogen) atoms. The maximum Gasteiger partial charge on any atom is 0.270 e. The van der Waals surface area contributed by atoms with Crippen LogP contribution >= 0.6 is 11.6 Å². The molecule has 3 heterocycles. The number of aromatic nitrogens is 1. The number of pyridine rings is 1. The van der Waals surface area contributed by atoms with Gasteiger partial charge in [-0.3, -0.25) is 9.69 Å². The molecule has 3 atom stereocenters. The first kappa shape index (κ1) is 16.5. The Morgan fingerprint density at radius 2 is 2.04 bits per heavy atom. The van der Waals surface area contributed by atoms with E-state index in [1.54, 1.807) is 12.1 Å². The molecule has 2 fully saturated rings. The number of morpholine rings is 1. The van der Waals surface area contributed by atoms with Gasteiger partial charge in [0, 0.05) is 31.4 Å². The van der Waals surface area contributed by atoms with Crippen molar-refractivity contribution in [2.24, 2.45) is 0 Å². The summed E-state index contributed by atoms with van der Waals surface area (Å²) in [7, 11) is 0. The van der Waals surface area contributed by atoms with Crippen LogP contribution in [0.15, 0.2) is 48.7 Å². The number of halogens is 1. The Hall–Kier alpha value is -1.95. The first-order valence-electron chi connectivity index (χ1n) is 8.52. The molecule has 0 saturated carbocycles. The third-order valence-electron chi connectivity index (χ3n) is 4.88. The predicted molar refractivity (Wildman–Crippen MR) is 95.6 cm³/mol. The van der Waals surface area contributed by atoms with Crippen molar-refractivity contribution in [1.29, 1.82) is 0 Å². The van der Waals surface area contributed by atoms with Crippen LogP contribution in [-0.4, -0.2) is 47.6 Å². The summed E-state index contributed by atoms with van der Waals surface area (Å²) < 4.78 is 6.05. The fraction of sp³-hybridized carbons (Fsp3) is 0.368. The second-order valence-corrected chi connectivity index (χ2v) is 7.04. The van der Waals surface area contributed by atoms with Crippen LogP contribution in [0.3, 0.4) is 0 Å². The molecule has 2 aliphatic heterocycles. The van der Waals surface area contributed by atoms with Crippen LogP contribution in [0.1, 0.15) is 28.6 Å². The van der Waals surface area contributed by atoms with Crippen molar-refractivity contribution >= 4 is 17.5 Å². The lowest BCUT2D eigenvalue weighted by Crippen LogP contribution is -2.43. The molecule has 1 N–H and O–H groups in total. The van der Waals surface area contributed by atoms with Crippen molar-refractivity contribution in [3.05, 3.63) is 64.9 Å². The molecular weight excluding hydrogens is 338 g/mol. The van der Waals surface area contributed by atoms with Gasteiger partial charge in [-0.1, -0.05) is 41.9 Å². The number of nitrogens with zero attached hydrogens (tertiary/aromatic N) is 2. The van der Waals surface area contributed by atoms with Crippen molar-refractivity contribution in [3.8, 4) is 0 Å². The molecule has 130 valence electrons. The SMILES string of the molecule is O=C(N[C@@H]1C[C@H]2CO[C@@H](c3ccccc3)CN2C1)c1ccc(Cl)cn1. The summed E-state index contributed by atoms with van der Waals surface area (Å²) >= 11 is 5.82. The molecule has 1 amide bonds. The number of fused-ring (bicyclic) bond motifs is 1. The van der Waals surface area contributed by atoms with E-state index < -0.39 is 0 Å². The highest BCUT2D eigenvalue weighted by Crippen LogP contribution is 2.30. The Balaban J connectivity index is 1.36. The summed E-state index contributed by atoms with van der Waals surface area (Å²) in [5.74, 6) is -0.151. The second kappa shape index (κ2) is 7.12. The van der Waals surface area contributed by atoms with E-state index in [0.29, 0.717) is 23.4 Å². The molecule has 6 heteroatoms. The van der Waals surface area contributed by atoms with Gasteiger partial charge in [0.1, 0.15) is 5.69 Å². The van der Waals surface area contributed by atoms with Crippen molar-refractivity contribution in [1.82, 2.24) is 15.2 Å². The van der Waals surface area contributed by atoms with Crippen LogP contribution < -0.4 is 5.32 Å². The Morgan fingerprint density at radius 3 is 2.80 bits per heavy atom. The number of ether oxygens (including phenoxy) is 1. The normalized spacial score (nSPS) is 26.2. The van der Waals surface area contributed by atoms with E-state index in [-0.39, 0.29) is 18.1 Å². The zero-order valence-corrected chi connectivity index (χ0v) is 14.5. The molecule has 0 aliphatic carbocycles. The molecule has 4 rings (SSSR count). The van der Waals surface area contributed by atoms with Crippen LogP contribution in [-0.2, 0) is 4.74 Å². The van der Waals surface area contributed by atoms with Crippen LogP contribution in [0.5, 0.6) is 0 Å². The zero-order chi connectivity index (χ0) is 17.2. The molecule has 2 aliphatic rings. The Kier molecular flexibility index (Phi) is 4.70. The van der Waals surface area contributed by atoms with Gasteiger partial charge < -0.3 is 10.1 Å². The van der Waals surface area contributed by atoms with Crippen molar-refractivity contribution in [2.75, 3.05) is 19.7 Å². The minimum absolute atomic E-state index is 0.102. The first-order valence-corrected chi connectivity index (χ1v) is 8.90. The van der Waals surface area contributed by atoms with Gasteiger partial charge in [0.2, 0.25) is 0 Å². The standard InChI is InChI=1S/C19H20ClN3O2/c20-14-6-7-17(21-9-14)19(24)22-15-8-16-12-25-18(11-23(16)10-15)13-4-2-1-3-5-13/h1-7,9,15-16,18H,8,10-12H2,(H,22,24)/t15-,16+,18-/m1/s1. The number of carbonyl (C=O) groups excluding carboxylic acids is 1. The van der Waals surface area contributed by atoms with Crippen LogP contribution in [0.4, 0.5) is 0 Å². The minimum atomic E-state index is -0.151. The van der Waals surface area contributed by atoms with Crippen LogP contribution in [0.25, 0.3) is 0 Å². The largest absolute Gasteiger partial charge is 0.371 e. The highest BCUT2D eigenvalue weighted by molar-refractivity contribution is 6.30. The summed E-state index contributed by atoms with van der Waals surface area (Å²) in [6, 6.07) is 14.1. The lowest BCUT2D eigenvalue weighted by molar-refractivity contribution is -0.0502. The number of amides is 1. The van der Waals surface area contributed by atoms with E-state index in [0.717, 1.165) is 19.5 Å². The van der Waals surface area contributed by atoms with Gasteiger partial charge in [-0.2, -0.15) is 0 Å². The highest BCUT2D eigenvalue weighted by atomic mass is 35.5. The quantitative estimate of drug-likeness (QED) is 0.917. The van der Waals surface area contributed by atoms with Crippen LogP contribution in [0, 0.1) is 0 Å². The van der Waals surface area contributed by atoms with Crippen molar-refractivity contribution in [3.63, 3.8) is 0 Å². The summed E-state index contributed by atoms with van der Waals surface area (Å²) in [5, 5.41) is 3.61. The lowest BCUT2D eigenvalue weighted by atomic mass is 10.1. The molecule has 2 saturated heterocycles. The minimum Gasteiger partial charge on any atom is -0.371 e. The first-order chi connectivity index (χ1) is 12.2. The highest BCUT2D eigenvalue weighted by Gasteiger charge is 2.38. The van der Waals surface area contributed by atoms with Crippen molar-refractivity contribution in [2.45, 2.75) is 24.6 Å². The average Bonchev–Trinajstić information content (AvgIpc) is 3.04. The molecule has 0 radical (unpaired) electrons. The van der Waals surface area contributed by atoms with E-state index in [1.165, 1.54) is 11.8 Å². The number of nitrogens with one attached hydrogen (secondary N) is 1. The van der Waals surface area contributed by atoms with E-state index in [2.05, 4.69) is 27.3 Å². The summed E-state index contributed by atoms with van der Waals surface area (Å²) in [6.45, 7) is 2.40. The van der Waals surface area contributed by atoms with E-state index >= 15 is 0 Å². The molecule has 1 aromatic heterocycles. The third-order valence-corrected chi connectivity index (χ3v) is 5.11. The van der Waals surface area contributed by atoms with E-state index in [4.69, 9.17) is 16.3 Å². The number of benzene rings is 1. The van der Waals surface area contributed by atoms with E-state index in [9.17, 15) is 4.79 Å². The number of hydrogen-bond donors (Lipinski definition) is 1. The van der Waals surface area contributed by atoms with Gasteiger partial charge in [-0.25, -0.2) is 4.98 Å². The van der Waals surface area contributed by atoms with Crippen LogP contribution in [0.2, 0.25) is 5.02 Å². The Morgan fingerprint density at radius 1 is 1.20 bits per heavy atom. The predicted octanol–water partition coefficient (Wildman–Crippen LogP) is 2.68. The van der Waals surface area contributed by atoms with Gasteiger partial charge in [-0.15, -0.1) is 0 Å². The fourth-order valence-corrected chi connectivity index (χ4v) is 3.73. The number of rotatable bonds is 3. The van der Waals surface area contributed by atoms with Crippen molar-refractivity contribution < 1.29 is 9.53 Å². The Bertz CT molecular complexity index is 738. The molecule has 2 aromatic rings. The molecule has 0 spiro atoms. The molecular formula is C19H20ClN3O2. The number of hydrogen-bond acceptors (Lipinski definition) is 4. The van der Waals surface area contributed by atoms with E-state index in [1.807, 2.05) is 18.2 Å². The smallest absolute Gasteiger partial charge is 0.270 e. The van der Waals surface area contributed by atoms with Gasteiger partial charge in [-0.05, 0) is 24.1 Å². The molecule has 0 unspecified atom stereocenters. The Labute approximate surface area is 152 Å². The molecule has 5 nitrogen and oxygen atoms in total. The van der Waals surface area contributed by atoms with Gasteiger partial charge in [0.15, 0.2) is 0 Å². The van der Waals surface area contributed by atoms with Gasteiger partial charge in [0.25, 0.3) is 5.91 Å². The lowest BCUT2D eigenvalue weighted by Gasteiger charge is -2.35. The summed E-state index contributed by atoms with van der Waals surface area (Å²) in [4.78, 5) is 18.8. The molecule has 0 bridgehead atoms. The second-order valence-electron chi connectivity index (χ2n) is 6.61. The maximum absolute atomic E-state index is 12.3. The fourth-order valence-electron chi connectivity index (χ4n) is 3.62. The molecule has 1 aromatic carbocycles. The summed E-state index contributed by atoms with van der Waals surface area (Å²) in [6.07, 6.45) is 2.50. The zero-order valence-electron chi connectivity index (χ0n) is 13.8. The van der Waals surface area contributed by atoms with Gasteiger partial charge in [0.05, 0.1) is 17.7 Å². The monoisotopic (exact) mass is 357 g/mol. The number of carbonyl (C=O) groups is 1. The average molecular weight is 358 g/mol. The third kappa shape index (κ3) is 3.68. The summed E-state index contributed by atoms with van der Waals surface area (Å²) in [5.41, 5.74) is 1.60. The maximum atomic E-state index is 12.3.